The number of alkyl carbamates (subject to hydrolysis) is 1. The Morgan fingerprint density at radius 3 is 1.77 bits per heavy atom. The zero-order valence-corrected chi connectivity index (χ0v) is 28.2. The van der Waals surface area contributed by atoms with E-state index in [1.165, 1.54) is 12.8 Å². The Morgan fingerprint density at radius 2 is 1.55 bits per heavy atom. The minimum atomic E-state index is -0.564. The van der Waals surface area contributed by atoms with Crippen molar-refractivity contribution in [1.29, 1.82) is 0 Å². The Bertz CT molecular complexity index is 620. The van der Waals surface area contributed by atoms with E-state index in [-0.39, 0.29) is 18.5 Å². The van der Waals surface area contributed by atoms with E-state index < -0.39 is 11.7 Å². The molecule has 0 unspecified atom stereocenters. The van der Waals surface area contributed by atoms with Gasteiger partial charge in [-0.1, -0.05) is 85.4 Å². The van der Waals surface area contributed by atoms with Gasteiger partial charge in [-0.25, -0.2) is 4.79 Å². The molecule has 8 nitrogen and oxygen atoms in total. The van der Waals surface area contributed by atoms with Crippen LogP contribution >= 0.6 is 0 Å². The molecule has 0 spiro atoms. The van der Waals surface area contributed by atoms with Gasteiger partial charge in [0, 0.05) is 25.7 Å². The fraction of sp³-hybridized carbons (Fsp3) is 0.656. The van der Waals surface area contributed by atoms with Gasteiger partial charge in [-0.3, -0.25) is 9.59 Å². The number of nitrogens with one attached hydrogen (secondary N) is 2. The van der Waals surface area contributed by atoms with Crippen LogP contribution in [0.15, 0.2) is 50.1 Å². The first kappa shape index (κ1) is 50.0. The molecule has 0 aromatic heterocycles. The van der Waals surface area contributed by atoms with Gasteiger partial charge in [0.05, 0.1) is 0 Å². The topological polar surface area (TPSA) is 108 Å². The summed E-state index contributed by atoms with van der Waals surface area (Å²) < 4.78 is 5.04. The number of ether oxygens (including phenoxy) is 1. The summed E-state index contributed by atoms with van der Waals surface area (Å²) in [6.07, 6.45) is 12.0. The molecule has 1 aliphatic carbocycles. The molecule has 1 saturated carbocycles. The third-order valence-electron chi connectivity index (χ3n) is 3.52. The largest absolute Gasteiger partial charge is 0.444 e. The van der Waals surface area contributed by atoms with Gasteiger partial charge in [0.25, 0.3) is 0 Å². The molecule has 0 bridgehead atoms. The van der Waals surface area contributed by atoms with Crippen molar-refractivity contribution in [2.45, 2.75) is 114 Å². The van der Waals surface area contributed by atoms with Crippen LogP contribution in [0.1, 0.15) is 95.9 Å². The maximum atomic E-state index is 11.7. The Kier molecular flexibility index (Phi) is 47.9. The number of rotatable bonds is 5. The summed E-state index contributed by atoms with van der Waals surface area (Å²) in [5.74, 6) is 0.730. The number of amides is 3. The highest BCUT2D eigenvalue weighted by molar-refractivity contribution is 5.83. The zero-order chi connectivity index (χ0) is 33.2. The first-order chi connectivity index (χ1) is 18.9. The van der Waals surface area contributed by atoms with Crippen LogP contribution < -0.4 is 10.6 Å². The van der Waals surface area contributed by atoms with Gasteiger partial charge >= 0.3 is 6.09 Å². The number of carbonyl (C=O) groups excluding carboxylic acids is 3. The van der Waals surface area contributed by atoms with Gasteiger partial charge in [0.2, 0.25) is 12.3 Å². The van der Waals surface area contributed by atoms with Gasteiger partial charge in [-0.05, 0) is 53.4 Å². The van der Waals surface area contributed by atoms with Crippen molar-refractivity contribution in [1.82, 2.24) is 15.5 Å². The van der Waals surface area contributed by atoms with Crippen LogP contribution in [0.25, 0.3) is 0 Å². The maximum Gasteiger partial charge on any atom is 0.408 e. The van der Waals surface area contributed by atoms with Crippen LogP contribution in [-0.2, 0) is 14.3 Å². The summed E-state index contributed by atoms with van der Waals surface area (Å²) in [4.78, 5) is 34.3. The summed E-state index contributed by atoms with van der Waals surface area (Å²) in [6, 6.07) is 0.630. The normalized spacial score (nSPS) is 13.8. The Balaban J connectivity index is -0.000000104. The van der Waals surface area contributed by atoms with Crippen LogP contribution in [0.4, 0.5) is 4.79 Å². The van der Waals surface area contributed by atoms with E-state index >= 15 is 0 Å². The second-order valence-corrected chi connectivity index (χ2v) is 9.12. The average Bonchev–Trinajstić information content (AvgIpc) is 3.64. The van der Waals surface area contributed by atoms with E-state index in [1.807, 2.05) is 65.8 Å². The van der Waals surface area contributed by atoms with Crippen LogP contribution in [0.2, 0.25) is 0 Å². The highest BCUT2D eigenvalue weighted by Crippen LogP contribution is 2.17. The van der Waals surface area contributed by atoms with E-state index in [1.54, 1.807) is 31.7 Å². The molecule has 0 radical (unpaired) electrons. The molecule has 1 fully saturated rings. The number of nitrogens with zero attached hydrogens (tertiary/aromatic N) is 1. The third kappa shape index (κ3) is 48.2. The second kappa shape index (κ2) is 38.3. The highest BCUT2D eigenvalue weighted by Gasteiger charge is 2.22. The Morgan fingerprint density at radius 1 is 1.10 bits per heavy atom. The lowest BCUT2D eigenvalue weighted by Gasteiger charge is -2.23. The molecular formula is C32H65N3O5. The van der Waals surface area contributed by atoms with E-state index in [0.717, 1.165) is 19.4 Å². The van der Waals surface area contributed by atoms with Crippen LogP contribution in [0.3, 0.4) is 0 Å². The number of aliphatic hydroxyl groups is 1. The van der Waals surface area contributed by atoms with Gasteiger partial charge < -0.3 is 25.4 Å². The molecule has 238 valence electrons. The zero-order valence-electron chi connectivity index (χ0n) is 28.2. The van der Waals surface area contributed by atoms with E-state index in [2.05, 4.69) is 51.1 Å². The van der Waals surface area contributed by atoms with E-state index in [9.17, 15) is 14.4 Å². The molecule has 2 rings (SSSR count). The highest BCUT2D eigenvalue weighted by atomic mass is 16.6. The average molecular weight is 572 g/mol. The van der Waals surface area contributed by atoms with Crippen LogP contribution in [0.5, 0.6) is 0 Å². The van der Waals surface area contributed by atoms with E-state index in [4.69, 9.17) is 9.84 Å². The summed E-state index contributed by atoms with van der Waals surface area (Å²) in [5.41, 5.74) is -0.546. The van der Waals surface area contributed by atoms with Crippen LogP contribution in [0, 0.1) is 5.92 Å². The fourth-order valence-corrected chi connectivity index (χ4v) is 2.02. The summed E-state index contributed by atoms with van der Waals surface area (Å²) >= 11 is 0. The smallest absolute Gasteiger partial charge is 0.408 e. The molecule has 1 heterocycles. The Labute approximate surface area is 248 Å². The van der Waals surface area contributed by atoms with Crippen molar-refractivity contribution < 1.29 is 24.2 Å². The van der Waals surface area contributed by atoms with Gasteiger partial charge in [0.15, 0.2) is 0 Å². The first-order valence-electron chi connectivity index (χ1n) is 14.2. The molecule has 1 aliphatic heterocycles. The number of allylic oxidation sites excluding steroid dienone is 3. The summed E-state index contributed by atoms with van der Waals surface area (Å²) in [5, 5.41) is 12.1. The monoisotopic (exact) mass is 571 g/mol. The quantitative estimate of drug-likeness (QED) is 0.186. The number of aliphatic hydroxyl groups excluding tert-OH is 1. The molecular weight excluding hydrogens is 506 g/mol. The molecule has 40 heavy (non-hydrogen) atoms. The standard InChI is InChI=1S/C12H20N2O3.C5H8.C4H7NO.C4H10.2C2H6.C2H4.CH4O/c1-9-6-5-7-14(9)10(15)8-13-11(16)17-12(2,3)4;1-3-5-4-2;6-3-5-4-1-2-4;1-4(2)3;4*1-2/h5-6,9H,7-8H2,1-4H3,(H,13,16);3-5H,1H2,2H3;3-4H,1-2H2,(H,5,6);4H,1-3H3;2*1-2H3;1-2H2;2H,1H3/b;5-4-;;;;;;/t9-;;;;;;;/m1......./s1. The lowest BCUT2D eigenvalue weighted by atomic mass is 10.2. The minimum absolute atomic E-state index is 0.0269. The third-order valence-corrected chi connectivity index (χ3v) is 3.52. The minimum Gasteiger partial charge on any atom is -0.444 e. The van der Waals surface area contributed by atoms with Crippen molar-refractivity contribution in [3.63, 3.8) is 0 Å². The number of hydrogen-bond acceptors (Lipinski definition) is 5. The lowest BCUT2D eigenvalue weighted by molar-refractivity contribution is -0.130. The summed E-state index contributed by atoms with van der Waals surface area (Å²) in [7, 11) is 1.00. The van der Waals surface area contributed by atoms with Gasteiger partial charge in [0.1, 0.15) is 12.1 Å². The number of hydrogen-bond donors (Lipinski definition) is 3. The summed E-state index contributed by atoms with van der Waals surface area (Å²) in [6.45, 7) is 33.8. The van der Waals surface area contributed by atoms with Crippen molar-refractivity contribution in [3.8, 4) is 0 Å². The maximum absolute atomic E-state index is 11.7. The SMILES string of the molecule is C=C.C=C/C=C\C.CC.CC.CC(C)C.CO.C[C@@H]1C=CCN1C(=O)CNC(=O)OC(C)(C)C.O=CNC1CC1. The van der Waals surface area contributed by atoms with Crippen molar-refractivity contribution >= 4 is 18.4 Å². The lowest BCUT2D eigenvalue weighted by Crippen LogP contribution is -2.43. The predicted octanol–water partition coefficient (Wildman–Crippen LogP) is 7.07. The first-order valence-corrected chi connectivity index (χ1v) is 14.2. The fourth-order valence-electron chi connectivity index (χ4n) is 2.02. The number of carbonyl (C=O) groups is 3. The molecule has 3 amide bonds. The van der Waals surface area contributed by atoms with Crippen LogP contribution in [-0.4, -0.2) is 66.3 Å². The molecule has 0 aromatic carbocycles. The predicted molar refractivity (Wildman–Crippen MR) is 174 cm³/mol. The molecule has 0 aromatic rings. The molecule has 1 atom stereocenters. The molecule has 3 N–H and O–H groups in total. The van der Waals surface area contributed by atoms with Gasteiger partial charge in [-0.15, -0.1) is 13.2 Å². The van der Waals surface area contributed by atoms with E-state index in [0.29, 0.717) is 12.6 Å². The Hall–Kier alpha value is -2.87. The second-order valence-electron chi connectivity index (χ2n) is 9.12. The van der Waals surface area contributed by atoms with Crippen molar-refractivity contribution in [3.05, 3.63) is 50.1 Å². The van der Waals surface area contributed by atoms with Gasteiger partial charge in [-0.2, -0.15) is 0 Å². The molecule has 2 aliphatic rings. The molecule has 0 saturated heterocycles. The molecule has 8 heteroatoms. The van der Waals surface area contributed by atoms with Crippen molar-refractivity contribution in [2.24, 2.45) is 5.92 Å². The van der Waals surface area contributed by atoms with Crippen molar-refractivity contribution in [2.75, 3.05) is 20.2 Å².